The van der Waals surface area contributed by atoms with Gasteiger partial charge in [0.1, 0.15) is 18.1 Å². The van der Waals surface area contributed by atoms with E-state index in [1.54, 1.807) is 11.8 Å². The Morgan fingerprint density at radius 2 is 1.62 bits per heavy atom. The molecule has 0 aliphatic rings. The topological polar surface area (TPSA) is 179 Å². The van der Waals surface area contributed by atoms with Gasteiger partial charge in [-0.3, -0.25) is 19.2 Å². The van der Waals surface area contributed by atoms with Crippen LogP contribution in [0.15, 0.2) is 12.5 Å². The molecule has 0 spiro atoms. The van der Waals surface area contributed by atoms with Gasteiger partial charge >= 0.3 is 5.97 Å². The number of nitrogens with zero attached hydrogens (tertiary/aromatic N) is 1. The number of aromatic nitrogens is 2. The predicted octanol–water partition coefficient (Wildman–Crippen LogP) is -0.655. The number of amides is 3. The van der Waals surface area contributed by atoms with Crippen LogP contribution >= 0.6 is 23.5 Å². The molecule has 0 aromatic carbocycles. The second-order valence-electron chi connectivity index (χ2n) is 7.14. The molecule has 3 amide bonds. The molecule has 7 N–H and O–H groups in total. The lowest BCUT2D eigenvalue weighted by molar-refractivity contribution is -0.141. The largest absolute Gasteiger partial charge is 0.480 e. The van der Waals surface area contributed by atoms with Gasteiger partial charge < -0.3 is 31.8 Å². The lowest BCUT2D eigenvalue weighted by Gasteiger charge is -2.24. The van der Waals surface area contributed by atoms with Gasteiger partial charge in [-0.1, -0.05) is 0 Å². The molecule has 0 radical (unpaired) electrons. The first kappa shape index (κ1) is 27.8. The van der Waals surface area contributed by atoms with Crippen molar-refractivity contribution in [2.75, 3.05) is 24.0 Å². The monoisotopic (exact) mass is 488 g/mol. The Balaban J connectivity index is 2.94. The van der Waals surface area contributed by atoms with E-state index in [-0.39, 0.29) is 6.42 Å². The van der Waals surface area contributed by atoms with Crippen molar-refractivity contribution in [3.05, 3.63) is 18.2 Å². The lowest BCUT2D eigenvalue weighted by atomic mass is 10.1. The molecule has 1 rings (SSSR count). The first-order valence-electron chi connectivity index (χ1n) is 10.0. The van der Waals surface area contributed by atoms with Crippen LogP contribution < -0.4 is 21.7 Å². The Labute approximate surface area is 195 Å². The summed E-state index contributed by atoms with van der Waals surface area (Å²) in [5.74, 6) is -1.57. The summed E-state index contributed by atoms with van der Waals surface area (Å²) in [4.78, 5) is 56.0. The molecule has 180 valence electrons. The average Bonchev–Trinajstić information content (AvgIpc) is 3.26. The van der Waals surface area contributed by atoms with Crippen LogP contribution in [0.5, 0.6) is 0 Å². The SMILES string of the molecule is CSCCC(N)C(=O)NC(Cc1cnc[nH]1)C(=O)NC(CCSC)C(=O)NC(C)C(=O)O. The Hall–Kier alpha value is -2.25. The Bertz CT molecular complexity index is 749. The zero-order valence-electron chi connectivity index (χ0n) is 18.4. The van der Waals surface area contributed by atoms with E-state index in [0.717, 1.165) is 0 Å². The predicted molar refractivity (Wildman–Crippen MR) is 125 cm³/mol. The number of hydrogen-bond acceptors (Lipinski definition) is 8. The van der Waals surface area contributed by atoms with Crippen molar-refractivity contribution in [1.82, 2.24) is 25.9 Å². The highest BCUT2D eigenvalue weighted by molar-refractivity contribution is 7.98. The number of nitrogens with one attached hydrogen (secondary N) is 4. The normalized spacial score (nSPS) is 14.6. The summed E-state index contributed by atoms with van der Waals surface area (Å²) in [5.41, 5.74) is 6.54. The molecule has 13 heteroatoms. The standard InChI is InChI=1S/C19H32N6O5S2/c1-11(19(29)30)23-17(27)14(5-7-32-3)24-18(28)15(8-12-9-21-10-22-12)25-16(26)13(20)4-6-31-2/h9-11,13-15H,4-8,20H2,1-3H3,(H,21,22)(H,23,27)(H,24,28)(H,25,26)(H,29,30). The highest BCUT2D eigenvalue weighted by atomic mass is 32.2. The lowest BCUT2D eigenvalue weighted by Crippen LogP contribution is -2.57. The highest BCUT2D eigenvalue weighted by Crippen LogP contribution is 2.06. The smallest absolute Gasteiger partial charge is 0.325 e. The van der Waals surface area contributed by atoms with Gasteiger partial charge in [0.25, 0.3) is 0 Å². The summed E-state index contributed by atoms with van der Waals surface area (Å²) in [6.07, 6.45) is 7.62. The van der Waals surface area contributed by atoms with E-state index in [1.165, 1.54) is 31.2 Å². The second-order valence-corrected chi connectivity index (χ2v) is 9.11. The van der Waals surface area contributed by atoms with Crippen molar-refractivity contribution < 1.29 is 24.3 Å². The molecule has 0 bridgehead atoms. The molecule has 1 aromatic rings. The number of carbonyl (C=O) groups excluding carboxylic acids is 3. The van der Waals surface area contributed by atoms with E-state index in [9.17, 15) is 19.2 Å². The molecule has 0 saturated heterocycles. The van der Waals surface area contributed by atoms with Crippen molar-refractivity contribution in [2.45, 2.75) is 50.4 Å². The van der Waals surface area contributed by atoms with E-state index >= 15 is 0 Å². The molecule has 4 atom stereocenters. The number of carbonyl (C=O) groups is 4. The first-order valence-corrected chi connectivity index (χ1v) is 12.8. The molecule has 4 unspecified atom stereocenters. The fourth-order valence-electron chi connectivity index (χ4n) is 2.63. The number of H-pyrrole nitrogens is 1. The molecule has 0 aliphatic heterocycles. The van der Waals surface area contributed by atoms with Gasteiger partial charge in [0.2, 0.25) is 17.7 Å². The zero-order valence-corrected chi connectivity index (χ0v) is 20.1. The number of rotatable bonds is 15. The average molecular weight is 489 g/mol. The second kappa shape index (κ2) is 14.7. The van der Waals surface area contributed by atoms with Crippen molar-refractivity contribution in [1.29, 1.82) is 0 Å². The molecule has 0 fully saturated rings. The maximum Gasteiger partial charge on any atom is 0.325 e. The van der Waals surface area contributed by atoms with Gasteiger partial charge in [0.05, 0.1) is 12.4 Å². The summed E-state index contributed by atoms with van der Waals surface area (Å²) in [6, 6.07) is -3.83. The number of thioether (sulfide) groups is 2. The Morgan fingerprint density at radius 3 is 2.19 bits per heavy atom. The number of aliphatic carboxylic acids is 1. The van der Waals surface area contributed by atoms with E-state index < -0.39 is 47.9 Å². The maximum atomic E-state index is 13.0. The summed E-state index contributed by atoms with van der Waals surface area (Å²) < 4.78 is 0. The summed E-state index contributed by atoms with van der Waals surface area (Å²) >= 11 is 3.05. The summed E-state index contributed by atoms with van der Waals surface area (Å²) in [6.45, 7) is 1.34. The molecular weight excluding hydrogens is 456 g/mol. The fourth-order valence-corrected chi connectivity index (χ4v) is 3.59. The van der Waals surface area contributed by atoms with Gasteiger partial charge in [-0.05, 0) is 43.8 Å². The van der Waals surface area contributed by atoms with Crippen LogP contribution in [0.4, 0.5) is 0 Å². The molecule has 11 nitrogen and oxygen atoms in total. The quantitative estimate of drug-likeness (QED) is 0.187. The van der Waals surface area contributed by atoms with Crippen LogP contribution in [-0.2, 0) is 25.6 Å². The zero-order chi connectivity index (χ0) is 24.1. The third-order valence-electron chi connectivity index (χ3n) is 4.55. The van der Waals surface area contributed by atoms with Crippen LogP contribution in [0.25, 0.3) is 0 Å². The van der Waals surface area contributed by atoms with Gasteiger partial charge in [-0.25, -0.2) is 4.98 Å². The minimum Gasteiger partial charge on any atom is -0.480 e. The van der Waals surface area contributed by atoms with Gasteiger partial charge in [-0.15, -0.1) is 0 Å². The maximum absolute atomic E-state index is 13.0. The number of hydrogen-bond donors (Lipinski definition) is 6. The summed E-state index contributed by atoms with van der Waals surface area (Å²) in [7, 11) is 0. The highest BCUT2D eigenvalue weighted by Gasteiger charge is 2.29. The number of imidazole rings is 1. The minimum atomic E-state index is -1.18. The van der Waals surface area contributed by atoms with Gasteiger partial charge in [-0.2, -0.15) is 23.5 Å². The fraction of sp³-hybridized carbons (Fsp3) is 0.632. The molecule has 0 aliphatic carbocycles. The van der Waals surface area contributed by atoms with Crippen LogP contribution in [0.1, 0.15) is 25.5 Å². The van der Waals surface area contributed by atoms with E-state index in [2.05, 4.69) is 25.9 Å². The van der Waals surface area contributed by atoms with Gasteiger partial charge in [0, 0.05) is 18.3 Å². The minimum absolute atomic E-state index is 0.120. The van der Waals surface area contributed by atoms with Crippen LogP contribution in [0.3, 0.4) is 0 Å². The number of nitrogens with two attached hydrogens (primary N) is 1. The van der Waals surface area contributed by atoms with Crippen molar-refractivity contribution >= 4 is 47.2 Å². The third-order valence-corrected chi connectivity index (χ3v) is 5.84. The van der Waals surface area contributed by atoms with E-state index in [0.29, 0.717) is 30.0 Å². The Kier molecular flexibility index (Phi) is 12.8. The molecule has 32 heavy (non-hydrogen) atoms. The molecular formula is C19H32N6O5S2. The third kappa shape index (κ3) is 9.92. The summed E-state index contributed by atoms with van der Waals surface area (Å²) in [5, 5.41) is 16.7. The molecule has 1 aromatic heterocycles. The van der Waals surface area contributed by atoms with Crippen molar-refractivity contribution in [2.24, 2.45) is 5.73 Å². The molecule has 1 heterocycles. The van der Waals surface area contributed by atoms with Gasteiger partial charge in [0.15, 0.2) is 0 Å². The van der Waals surface area contributed by atoms with Crippen molar-refractivity contribution in [3.63, 3.8) is 0 Å². The van der Waals surface area contributed by atoms with Crippen molar-refractivity contribution in [3.8, 4) is 0 Å². The number of carboxylic acid groups (broad SMARTS) is 1. The van der Waals surface area contributed by atoms with Crippen LogP contribution in [0, 0.1) is 0 Å². The number of aromatic amines is 1. The number of carboxylic acids is 1. The Morgan fingerprint density at radius 1 is 1.03 bits per heavy atom. The first-order chi connectivity index (χ1) is 15.2. The van der Waals surface area contributed by atoms with Crippen LogP contribution in [0.2, 0.25) is 0 Å². The molecule has 0 saturated carbocycles. The van der Waals surface area contributed by atoms with Crippen LogP contribution in [-0.4, -0.2) is 86.9 Å². The van der Waals surface area contributed by atoms with E-state index in [1.807, 2.05) is 12.5 Å². The van der Waals surface area contributed by atoms with E-state index in [4.69, 9.17) is 10.8 Å².